The summed E-state index contributed by atoms with van der Waals surface area (Å²) in [5, 5.41) is 1.84. The maximum atomic E-state index is 12.5. The van der Waals surface area contributed by atoms with Crippen LogP contribution in [0.25, 0.3) is 0 Å². The molecule has 0 radical (unpaired) electrons. The highest BCUT2D eigenvalue weighted by Gasteiger charge is 2.42. The average molecular weight is 381 g/mol. The topological polar surface area (TPSA) is 106 Å². The van der Waals surface area contributed by atoms with E-state index in [9.17, 15) is 13.2 Å². The Morgan fingerprint density at radius 3 is 2.81 bits per heavy atom. The molecule has 3 rings (SSSR count). The zero-order valence-corrected chi connectivity index (χ0v) is 15.4. The minimum Gasteiger partial charge on any atom is -0.460 e. The molecule has 0 spiro atoms. The van der Waals surface area contributed by atoms with Crippen molar-refractivity contribution < 1.29 is 22.7 Å². The lowest BCUT2D eigenvalue weighted by atomic mass is 9.97. The second-order valence-electron chi connectivity index (χ2n) is 6.34. The first kappa shape index (κ1) is 18.5. The highest BCUT2D eigenvalue weighted by Crippen LogP contribution is 2.30. The lowest BCUT2D eigenvalue weighted by molar-refractivity contribution is 0.125. The fourth-order valence-corrected chi connectivity index (χ4v) is 4.79. The van der Waals surface area contributed by atoms with Gasteiger partial charge in [0, 0.05) is 7.05 Å². The van der Waals surface area contributed by atoms with E-state index in [1.165, 1.54) is 7.05 Å². The van der Waals surface area contributed by atoms with E-state index in [4.69, 9.17) is 9.47 Å². The summed E-state index contributed by atoms with van der Waals surface area (Å²) in [6, 6.07) is 8.59. The SMILES string of the molecule is CNC(=O)OC[C@H](N=C1NS(=O)(=O)C2CCCCC2O1)c1ccccc1. The normalized spacial score (nSPS) is 26.7. The van der Waals surface area contributed by atoms with Gasteiger partial charge in [0.05, 0.1) is 0 Å². The number of nitrogens with zero attached hydrogens (tertiary/aromatic N) is 1. The van der Waals surface area contributed by atoms with E-state index < -0.39 is 27.4 Å². The Bertz CT molecular complexity index is 766. The van der Waals surface area contributed by atoms with Crippen molar-refractivity contribution in [3.63, 3.8) is 0 Å². The quantitative estimate of drug-likeness (QED) is 0.826. The zero-order chi connectivity index (χ0) is 18.6. The van der Waals surface area contributed by atoms with Crippen LogP contribution in [0, 0.1) is 0 Å². The van der Waals surface area contributed by atoms with Gasteiger partial charge in [0.1, 0.15) is 24.0 Å². The number of aliphatic imine (C=N–C) groups is 1. The smallest absolute Gasteiger partial charge is 0.406 e. The van der Waals surface area contributed by atoms with E-state index in [0.717, 1.165) is 18.4 Å². The number of sulfonamides is 1. The molecule has 1 saturated carbocycles. The van der Waals surface area contributed by atoms with Crippen molar-refractivity contribution in [3.05, 3.63) is 35.9 Å². The molecule has 2 N–H and O–H groups in total. The van der Waals surface area contributed by atoms with Crippen LogP contribution in [0.1, 0.15) is 37.3 Å². The van der Waals surface area contributed by atoms with Gasteiger partial charge in [-0.05, 0) is 24.8 Å². The van der Waals surface area contributed by atoms with Gasteiger partial charge in [-0.25, -0.2) is 22.9 Å². The van der Waals surface area contributed by atoms with Crippen LogP contribution in [-0.4, -0.2) is 45.5 Å². The molecule has 1 aliphatic carbocycles. The third-order valence-electron chi connectivity index (χ3n) is 4.57. The van der Waals surface area contributed by atoms with Gasteiger partial charge in [0.15, 0.2) is 0 Å². The molecule has 1 aromatic carbocycles. The van der Waals surface area contributed by atoms with E-state index in [0.29, 0.717) is 12.8 Å². The molecule has 2 unspecified atom stereocenters. The van der Waals surface area contributed by atoms with Crippen molar-refractivity contribution in [3.8, 4) is 0 Å². The fraction of sp³-hybridized carbons (Fsp3) is 0.529. The summed E-state index contributed by atoms with van der Waals surface area (Å²) in [6.45, 7) is -0.0353. The molecule has 1 aromatic rings. The number of alkyl carbamates (subject to hydrolysis) is 1. The van der Waals surface area contributed by atoms with E-state index >= 15 is 0 Å². The van der Waals surface area contributed by atoms with E-state index in [-0.39, 0.29) is 18.7 Å². The number of nitrogens with one attached hydrogen (secondary N) is 2. The van der Waals surface area contributed by atoms with Crippen molar-refractivity contribution in [1.82, 2.24) is 10.0 Å². The van der Waals surface area contributed by atoms with Crippen molar-refractivity contribution >= 4 is 22.1 Å². The third kappa shape index (κ3) is 4.27. The molecular weight excluding hydrogens is 358 g/mol. The van der Waals surface area contributed by atoms with E-state index in [1.807, 2.05) is 30.3 Å². The molecule has 0 bridgehead atoms. The van der Waals surface area contributed by atoms with Gasteiger partial charge in [-0.15, -0.1) is 0 Å². The van der Waals surface area contributed by atoms with Crippen LogP contribution in [-0.2, 0) is 19.5 Å². The first-order valence-corrected chi connectivity index (χ1v) is 10.2. The molecule has 1 amide bonds. The Hall–Kier alpha value is -2.29. The predicted molar refractivity (Wildman–Crippen MR) is 96.2 cm³/mol. The van der Waals surface area contributed by atoms with Crippen LogP contribution >= 0.6 is 0 Å². The monoisotopic (exact) mass is 381 g/mol. The first-order valence-electron chi connectivity index (χ1n) is 8.65. The maximum absolute atomic E-state index is 12.5. The van der Waals surface area contributed by atoms with E-state index in [2.05, 4.69) is 15.0 Å². The summed E-state index contributed by atoms with van der Waals surface area (Å²) in [4.78, 5) is 15.8. The molecule has 1 heterocycles. The Balaban J connectivity index is 1.83. The minimum atomic E-state index is -3.52. The number of ether oxygens (including phenoxy) is 2. The number of carbonyl (C=O) groups is 1. The largest absolute Gasteiger partial charge is 0.460 e. The molecule has 2 aliphatic rings. The Morgan fingerprint density at radius 2 is 2.08 bits per heavy atom. The van der Waals surface area contributed by atoms with E-state index in [1.54, 1.807) is 0 Å². The average Bonchev–Trinajstić information content (AvgIpc) is 2.65. The second kappa shape index (κ2) is 7.94. The Morgan fingerprint density at radius 1 is 1.35 bits per heavy atom. The molecule has 26 heavy (non-hydrogen) atoms. The number of amides is 1. The minimum absolute atomic E-state index is 0.0353. The number of rotatable bonds is 4. The summed E-state index contributed by atoms with van der Waals surface area (Å²) in [7, 11) is -2.06. The molecule has 9 heteroatoms. The number of amidine groups is 1. The summed E-state index contributed by atoms with van der Waals surface area (Å²) in [5.41, 5.74) is 0.789. The summed E-state index contributed by atoms with van der Waals surface area (Å²) < 4.78 is 38.3. The summed E-state index contributed by atoms with van der Waals surface area (Å²) in [6.07, 6.45) is 2.13. The number of benzene rings is 1. The lowest BCUT2D eigenvalue weighted by Crippen LogP contribution is -2.54. The Labute approximate surface area is 153 Å². The van der Waals surface area contributed by atoms with Crippen molar-refractivity contribution in [1.29, 1.82) is 0 Å². The van der Waals surface area contributed by atoms with Crippen LogP contribution in [0.5, 0.6) is 0 Å². The second-order valence-corrected chi connectivity index (χ2v) is 8.24. The van der Waals surface area contributed by atoms with Gasteiger partial charge >= 0.3 is 6.09 Å². The van der Waals surface area contributed by atoms with Crippen LogP contribution in [0.3, 0.4) is 0 Å². The van der Waals surface area contributed by atoms with Gasteiger partial charge in [0.2, 0.25) is 10.0 Å². The number of carbonyl (C=O) groups excluding carboxylic acids is 1. The highest BCUT2D eigenvalue weighted by atomic mass is 32.2. The molecule has 0 aromatic heterocycles. The molecule has 2 fully saturated rings. The highest BCUT2D eigenvalue weighted by molar-refractivity contribution is 7.90. The van der Waals surface area contributed by atoms with Crippen molar-refractivity contribution in [2.45, 2.75) is 43.1 Å². The van der Waals surface area contributed by atoms with Gasteiger partial charge in [-0.1, -0.05) is 36.8 Å². The van der Waals surface area contributed by atoms with Gasteiger partial charge < -0.3 is 14.8 Å². The first-order chi connectivity index (χ1) is 12.5. The molecule has 142 valence electrons. The fourth-order valence-electron chi connectivity index (χ4n) is 3.23. The molecule has 3 atom stereocenters. The zero-order valence-electron chi connectivity index (χ0n) is 14.6. The van der Waals surface area contributed by atoms with Crippen LogP contribution in [0.2, 0.25) is 0 Å². The van der Waals surface area contributed by atoms with Crippen molar-refractivity contribution in [2.75, 3.05) is 13.7 Å². The lowest BCUT2D eigenvalue weighted by Gasteiger charge is -2.36. The Kier molecular flexibility index (Phi) is 5.65. The predicted octanol–water partition coefficient (Wildman–Crippen LogP) is 1.70. The van der Waals surface area contributed by atoms with Crippen LogP contribution in [0.15, 0.2) is 35.3 Å². The molecule has 8 nitrogen and oxygen atoms in total. The molecule has 1 aliphatic heterocycles. The van der Waals surface area contributed by atoms with Crippen LogP contribution < -0.4 is 10.0 Å². The number of hydrogen-bond acceptors (Lipinski definition) is 6. The summed E-state index contributed by atoms with van der Waals surface area (Å²) >= 11 is 0. The number of fused-ring (bicyclic) bond motifs is 1. The molecule has 1 saturated heterocycles. The standard InChI is InChI=1S/C17H23N3O5S/c1-18-17(21)24-11-13(12-7-3-2-4-8-12)19-16-20-26(22,23)15-10-6-5-9-14(15)25-16/h2-4,7-8,13-15H,5-6,9-11H2,1H3,(H,18,21)(H,19,20)/t13-,14?,15?/m0/s1. The number of hydrogen-bond donors (Lipinski definition) is 2. The van der Waals surface area contributed by atoms with Crippen molar-refractivity contribution in [2.24, 2.45) is 4.99 Å². The van der Waals surface area contributed by atoms with Gasteiger partial charge in [-0.3, -0.25) is 0 Å². The third-order valence-corrected chi connectivity index (χ3v) is 6.36. The maximum Gasteiger partial charge on any atom is 0.406 e. The van der Waals surface area contributed by atoms with Gasteiger partial charge in [-0.2, -0.15) is 0 Å². The molecular formula is C17H23N3O5S. The summed E-state index contributed by atoms with van der Waals surface area (Å²) in [5.74, 6) is 0. The van der Waals surface area contributed by atoms with Gasteiger partial charge in [0.25, 0.3) is 6.02 Å². The van der Waals surface area contributed by atoms with Crippen LogP contribution in [0.4, 0.5) is 4.79 Å².